The van der Waals surface area contributed by atoms with Crippen molar-refractivity contribution in [1.82, 2.24) is 4.90 Å². The maximum Gasteiger partial charge on any atom is 0.409 e. The Hall–Kier alpha value is -1.22. The Labute approximate surface area is 106 Å². The summed E-state index contributed by atoms with van der Waals surface area (Å²) in [5.74, 6) is 0. The number of likely N-dealkylation sites (tertiary alicyclic amines) is 1. The summed E-state index contributed by atoms with van der Waals surface area (Å²) >= 11 is 5.85. The van der Waals surface area contributed by atoms with Crippen LogP contribution in [0.5, 0.6) is 0 Å². The van der Waals surface area contributed by atoms with E-state index < -0.39 is 0 Å². The van der Waals surface area contributed by atoms with Crippen LogP contribution >= 0.6 is 11.6 Å². The average molecular weight is 254 g/mol. The van der Waals surface area contributed by atoms with Crippen LogP contribution in [0.4, 0.5) is 4.79 Å². The van der Waals surface area contributed by atoms with Gasteiger partial charge in [0.05, 0.1) is 7.11 Å². The van der Waals surface area contributed by atoms with E-state index in [4.69, 9.17) is 16.3 Å². The van der Waals surface area contributed by atoms with Gasteiger partial charge < -0.3 is 9.64 Å². The van der Waals surface area contributed by atoms with Crippen LogP contribution in [0.1, 0.15) is 18.4 Å². The van der Waals surface area contributed by atoms with Gasteiger partial charge in [0.25, 0.3) is 0 Å². The highest BCUT2D eigenvalue weighted by Gasteiger charge is 2.29. The van der Waals surface area contributed by atoms with Gasteiger partial charge in [0.1, 0.15) is 0 Å². The predicted octanol–water partition coefficient (Wildman–Crippen LogP) is 3.11. The second-order valence-electron chi connectivity index (χ2n) is 4.29. The molecule has 1 unspecified atom stereocenters. The molecular formula is C13H16ClNO2. The van der Waals surface area contributed by atoms with Gasteiger partial charge in [-0.15, -0.1) is 0 Å². The molecule has 92 valence electrons. The van der Waals surface area contributed by atoms with Gasteiger partial charge in [-0.05, 0) is 37.0 Å². The molecule has 1 aromatic rings. The normalized spacial score (nSPS) is 19.4. The lowest BCUT2D eigenvalue weighted by atomic mass is 10.0. The largest absolute Gasteiger partial charge is 0.453 e. The predicted molar refractivity (Wildman–Crippen MR) is 67.3 cm³/mol. The highest BCUT2D eigenvalue weighted by atomic mass is 35.5. The van der Waals surface area contributed by atoms with Crippen molar-refractivity contribution in [1.29, 1.82) is 0 Å². The van der Waals surface area contributed by atoms with Crippen molar-refractivity contribution in [2.75, 3.05) is 13.7 Å². The number of rotatable bonds is 2. The standard InChI is InChI=1S/C13H16ClNO2/c1-17-13(16)15-8-2-3-12(15)9-10-4-6-11(14)7-5-10/h4-7,12H,2-3,8-9H2,1H3. The minimum atomic E-state index is -0.221. The molecular weight excluding hydrogens is 238 g/mol. The lowest BCUT2D eigenvalue weighted by Crippen LogP contribution is -2.36. The molecule has 1 fully saturated rings. The van der Waals surface area contributed by atoms with E-state index in [9.17, 15) is 4.79 Å². The van der Waals surface area contributed by atoms with E-state index in [2.05, 4.69) is 0 Å². The van der Waals surface area contributed by atoms with Crippen LogP contribution in [0, 0.1) is 0 Å². The van der Waals surface area contributed by atoms with Crippen LogP contribution < -0.4 is 0 Å². The molecule has 1 aliphatic rings. The molecule has 1 atom stereocenters. The fourth-order valence-corrected chi connectivity index (χ4v) is 2.42. The molecule has 0 spiro atoms. The van der Waals surface area contributed by atoms with Gasteiger partial charge in [-0.3, -0.25) is 0 Å². The van der Waals surface area contributed by atoms with Crippen molar-refractivity contribution in [2.45, 2.75) is 25.3 Å². The topological polar surface area (TPSA) is 29.5 Å². The van der Waals surface area contributed by atoms with Crippen molar-refractivity contribution >= 4 is 17.7 Å². The average Bonchev–Trinajstić information content (AvgIpc) is 2.79. The van der Waals surface area contributed by atoms with Crippen LogP contribution in [0.25, 0.3) is 0 Å². The molecule has 0 bridgehead atoms. The Morgan fingerprint density at radius 2 is 2.18 bits per heavy atom. The summed E-state index contributed by atoms with van der Waals surface area (Å²) in [6.45, 7) is 0.797. The van der Waals surface area contributed by atoms with Crippen molar-refractivity contribution in [2.24, 2.45) is 0 Å². The molecule has 0 saturated carbocycles. The summed E-state index contributed by atoms with van der Waals surface area (Å²) in [5.41, 5.74) is 1.20. The minimum absolute atomic E-state index is 0.221. The van der Waals surface area contributed by atoms with Gasteiger partial charge in [-0.2, -0.15) is 0 Å². The first kappa shape index (κ1) is 12.2. The summed E-state index contributed by atoms with van der Waals surface area (Å²) in [4.78, 5) is 13.4. The minimum Gasteiger partial charge on any atom is -0.453 e. The maximum atomic E-state index is 11.6. The Balaban J connectivity index is 2.02. The number of hydrogen-bond donors (Lipinski definition) is 0. The zero-order valence-corrected chi connectivity index (χ0v) is 10.6. The van der Waals surface area contributed by atoms with Crippen molar-refractivity contribution in [3.8, 4) is 0 Å². The molecule has 0 N–H and O–H groups in total. The van der Waals surface area contributed by atoms with Crippen molar-refractivity contribution in [3.05, 3.63) is 34.9 Å². The van der Waals surface area contributed by atoms with Crippen molar-refractivity contribution in [3.63, 3.8) is 0 Å². The van der Waals surface area contributed by atoms with Crippen LogP contribution in [-0.2, 0) is 11.2 Å². The third kappa shape index (κ3) is 2.91. The Morgan fingerprint density at radius 3 is 2.82 bits per heavy atom. The highest BCUT2D eigenvalue weighted by Crippen LogP contribution is 2.22. The second-order valence-corrected chi connectivity index (χ2v) is 4.73. The fraction of sp³-hybridized carbons (Fsp3) is 0.462. The molecule has 4 heteroatoms. The summed E-state index contributed by atoms with van der Waals surface area (Å²) in [6.07, 6.45) is 2.73. The molecule has 3 nitrogen and oxygen atoms in total. The summed E-state index contributed by atoms with van der Waals surface area (Å²) in [5, 5.41) is 0.741. The van der Waals surface area contributed by atoms with Gasteiger partial charge in [-0.1, -0.05) is 23.7 Å². The van der Waals surface area contributed by atoms with Crippen molar-refractivity contribution < 1.29 is 9.53 Å². The van der Waals surface area contributed by atoms with Crippen LogP contribution in [0.2, 0.25) is 5.02 Å². The van der Waals surface area contributed by atoms with Gasteiger partial charge >= 0.3 is 6.09 Å². The molecule has 1 aliphatic heterocycles. The van der Waals surface area contributed by atoms with E-state index >= 15 is 0 Å². The number of halogens is 1. The Morgan fingerprint density at radius 1 is 1.47 bits per heavy atom. The first-order valence-electron chi connectivity index (χ1n) is 5.79. The van der Waals surface area contributed by atoms with Gasteiger partial charge in [0, 0.05) is 17.6 Å². The molecule has 2 rings (SSSR count). The zero-order valence-electron chi connectivity index (χ0n) is 9.86. The molecule has 1 saturated heterocycles. The first-order valence-corrected chi connectivity index (χ1v) is 6.17. The maximum absolute atomic E-state index is 11.6. The third-order valence-corrected chi connectivity index (χ3v) is 3.42. The molecule has 0 aliphatic carbocycles. The molecule has 1 aromatic carbocycles. The lowest BCUT2D eigenvalue weighted by molar-refractivity contribution is 0.119. The number of ether oxygens (including phenoxy) is 1. The van der Waals surface area contributed by atoms with E-state index in [1.54, 1.807) is 0 Å². The van der Waals surface area contributed by atoms with Gasteiger partial charge in [0.2, 0.25) is 0 Å². The lowest BCUT2D eigenvalue weighted by Gasteiger charge is -2.23. The van der Waals surface area contributed by atoms with E-state index in [0.717, 1.165) is 30.8 Å². The quantitative estimate of drug-likeness (QED) is 0.811. The van der Waals surface area contributed by atoms with E-state index in [1.807, 2.05) is 29.2 Å². The molecule has 17 heavy (non-hydrogen) atoms. The number of benzene rings is 1. The van der Waals surface area contributed by atoms with Crippen LogP contribution in [-0.4, -0.2) is 30.7 Å². The summed E-state index contributed by atoms with van der Waals surface area (Å²) in [6, 6.07) is 8.04. The van der Waals surface area contributed by atoms with Gasteiger partial charge in [0.15, 0.2) is 0 Å². The smallest absolute Gasteiger partial charge is 0.409 e. The third-order valence-electron chi connectivity index (χ3n) is 3.17. The number of methoxy groups -OCH3 is 1. The van der Waals surface area contributed by atoms with Gasteiger partial charge in [-0.25, -0.2) is 4.79 Å². The molecule has 0 radical (unpaired) electrons. The fourth-order valence-electron chi connectivity index (χ4n) is 2.30. The number of amides is 1. The van der Waals surface area contributed by atoms with E-state index in [-0.39, 0.29) is 12.1 Å². The monoisotopic (exact) mass is 253 g/mol. The highest BCUT2D eigenvalue weighted by molar-refractivity contribution is 6.30. The number of carbonyl (C=O) groups excluding carboxylic acids is 1. The number of carbonyl (C=O) groups is 1. The first-order chi connectivity index (χ1) is 8.20. The number of nitrogens with zero attached hydrogens (tertiary/aromatic N) is 1. The van der Waals surface area contributed by atoms with Crippen LogP contribution in [0.3, 0.4) is 0 Å². The van der Waals surface area contributed by atoms with E-state index in [0.29, 0.717) is 0 Å². The Bertz CT molecular complexity index is 391. The second kappa shape index (κ2) is 5.41. The molecule has 1 amide bonds. The van der Waals surface area contributed by atoms with E-state index in [1.165, 1.54) is 12.7 Å². The molecule has 1 heterocycles. The SMILES string of the molecule is COC(=O)N1CCCC1Cc1ccc(Cl)cc1. The molecule has 0 aromatic heterocycles. The number of hydrogen-bond acceptors (Lipinski definition) is 2. The van der Waals surface area contributed by atoms with Crippen LogP contribution in [0.15, 0.2) is 24.3 Å². The zero-order chi connectivity index (χ0) is 12.3. The summed E-state index contributed by atoms with van der Waals surface area (Å²) in [7, 11) is 1.43. The summed E-state index contributed by atoms with van der Waals surface area (Å²) < 4.78 is 4.79. The Kier molecular flexibility index (Phi) is 3.89.